The lowest BCUT2D eigenvalue weighted by molar-refractivity contribution is 0.111. The highest BCUT2D eigenvalue weighted by Gasteiger charge is 2.15. The van der Waals surface area contributed by atoms with Gasteiger partial charge in [-0.25, -0.2) is 0 Å². The molecule has 0 saturated carbocycles. The van der Waals surface area contributed by atoms with Crippen molar-refractivity contribution in [3.8, 4) is 0 Å². The molecule has 3 nitrogen and oxygen atoms in total. The molecule has 0 radical (unpaired) electrons. The quantitative estimate of drug-likeness (QED) is 0.703. The van der Waals surface area contributed by atoms with Crippen LogP contribution in [0.5, 0.6) is 0 Å². The van der Waals surface area contributed by atoms with E-state index in [0.717, 1.165) is 32.8 Å². The number of rotatable bonds is 9. The summed E-state index contributed by atoms with van der Waals surface area (Å²) in [6, 6.07) is 7.08. The summed E-state index contributed by atoms with van der Waals surface area (Å²) in [6.45, 7) is 13.3. The maximum absolute atomic E-state index is 5.46. The molecule has 0 heterocycles. The van der Waals surface area contributed by atoms with E-state index in [1.807, 2.05) is 14.0 Å². The van der Waals surface area contributed by atoms with Gasteiger partial charge in [-0.3, -0.25) is 4.90 Å². The molecular weight excluding hydrogens is 248 g/mol. The second-order valence-electron chi connectivity index (χ2n) is 5.29. The number of ether oxygens (including phenoxy) is 1. The highest BCUT2D eigenvalue weighted by atomic mass is 16.5. The maximum atomic E-state index is 5.46. The number of hydrogen-bond donors (Lipinski definition) is 1. The number of likely N-dealkylation sites (N-methyl/N-ethyl adjacent to an activating group) is 2. The fraction of sp³-hybridized carbons (Fsp3) is 0.647. The molecular formula is C17H30N2O. The van der Waals surface area contributed by atoms with E-state index in [0.29, 0.717) is 6.04 Å². The Kier molecular flexibility index (Phi) is 7.82. The molecule has 1 rings (SSSR count). The topological polar surface area (TPSA) is 24.5 Å². The Morgan fingerprint density at radius 1 is 1.25 bits per heavy atom. The minimum Gasteiger partial charge on any atom is -0.380 e. The molecule has 3 heteroatoms. The zero-order valence-corrected chi connectivity index (χ0v) is 13.7. The third-order valence-corrected chi connectivity index (χ3v) is 3.79. The van der Waals surface area contributed by atoms with Gasteiger partial charge in [0.25, 0.3) is 0 Å². The van der Waals surface area contributed by atoms with Crippen molar-refractivity contribution in [1.29, 1.82) is 0 Å². The number of nitrogens with zero attached hydrogens (tertiary/aromatic N) is 1. The molecule has 1 unspecified atom stereocenters. The van der Waals surface area contributed by atoms with Crippen LogP contribution in [0, 0.1) is 13.8 Å². The molecule has 0 aliphatic carbocycles. The summed E-state index contributed by atoms with van der Waals surface area (Å²) in [5, 5.41) is 3.45. The molecule has 0 amide bonds. The van der Waals surface area contributed by atoms with Gasteiger partial charge < -0.3 is 10.1 Å². The Morgan fingerprint density at radius 3 is 2.55 bits per heavy atom. The summed E-state index contributed by atoms with van der Waals surface area (Å²) in [5.41, 5.74) is 4.09. The van der Waals surface area contributed by atoms with Gasteiger partial charge in [0.15, 0.2) is 0 Å². The van der Waals surface area contributed by atoms with Crippen molar-refractivity contribution < 1.29 is 4.74 Å². The summed E-state index contributed by atoms with van der Waals surface area (Å²) >= 11 is 0. The summed E-state index contributed by atoms with van der Waals surface area (Å²) < 4.78 is 5.46. The van der Waals surface area contributed by atoms with E-state index in [-0.39, 0.29) is 0 Å². The first-order valence-electron chi connectivity index (χ1n) is 7.66. The minimum absolute atomic E-state index is 0.372. The third kappa shape index (κ3) is 5.23. The molecule has 0 fully saturated rings. The number of aryl methyl sites for hydroxylation is 2. The highest BCUT2D eigenvalue weighted by molar-refractivity contribution is 5.33. The van der Waals surface area contributed by atoms with E-state index in [4.69, 9.17) is 4.74 Å². The van der Waals surface area contributed by atoms with Crippen LogP contribution in [-0.4, -0.2) is 44.8 Å². The van der Waals surface area contributed by atoms with Crippen LogP contribution in [0.15, 0.2) is 18.2 Å². The first-order valence-corrected chi connectivity index (χ1v) is 7.66. The van der Waals surface area contributed by atoms with Crippen LogP contribution in [0.4, 0.5) is 0 Å². The second kappa shape index (κ2) is 9.11. The zero-order chi connectivity index (χ0) is 15.0. The Labute approximate surface area is 124 Å². The van der Waals surface area contributed by atoms with Gasteiger partial charge in [-0.05, 0) is 45.5 Å². The standard InChI is InChI=1S/C17H30N2O/c1-6-19(10-11-20-7-2)13-17(18-5)16-9-8-14(3)12-15(16)4/h8-9,12,17-18H,6-7,10-11,13H2,1-5H3. The highest BCUT2D eigenvalue weighted by Crippen LogP contribution is 2.19. The van der Waals surface area contributed by atoms with Crippen LogP contribution in [0.2, 0.25) is 0 Å². The lowest BCUT2D eigenvalue weighted by atomic mass is 9.99. The predicted octanol–water partition coefficient (Wildman–Crippen LogP) is 2.92. The van der Waals surface area contributed by atoms with Crippen LogP contribution >= 0.6 is 0 Å². The molecule has 0 aromatic heterocycles. The Bertz CT molecular complexity index is 393. The molecule has 0 bridgehead atoms. The first kappa shape index (κ1) is 17.2. The lowest BCUT2D eigenvalue weighted by Gasteiger charge is -2.27. The third-order valence-electron chi connectivity index (χ3n) is 3.79. The summed E-state index contributed by atoms with van der Waals surface area (Å²) in [7, 11) is 2.04. The van der Waals surface area contributed by atoms with Crippen molar-refractivity contribution in [3.63, 3.8) is 0 Å². The number of hydrogen-bond acceptors (Lipinski definition) is 3. The maximum Gasteiger partial charge on any atom is 0.0593 e. The van der Waals surface area contributed by atoms with E-state index in [2.05, 4.69) is 49.2 Å². The lowest BCUT2D eigenvalue weighted by Crippen LogP contribution is -2.36. The molecule has 0 aliphatic rings. The molecule has 0 saturated heterocycles. The monoisotopic (exact) mass is 278 g/mol. The van der Waals surface area contributed by atoms with Crippen molar-refractivity contribution in [1.82, 2.24) is 10.2 Å². The van der Waals surface area contributed by atoms with Crippen molar-refractivity contribution in [2.24, 2.45) is 0 Å². The fourth-order valence-corrected chi connectivity index (χ4v) is 2.54. The largest absolute Gasteiger partial charge is 0.380 e. The Hall–Kier alpha value is -0.900. The average Bonchev–Trinajstić information content (AvgIpc) is 2.43. The van der Waals surface area contributed by atoms with Crippen molar-refractivity contribution in [2.75, 3.05) is 39.9 Å². The van der Waals surface area contributed by atoms with E-state index < -0.39 is 0 Å². The predicted molar refractivity (Wildman–Crippen MR) is 86.3 cm³/mol. The zero-order valence-electron chi connectivity index (χ0n) is 13.7. The molecule has 0 aliphatic heterocycles. The van der Waals surface area contributed by atoms with Crippen molar-refractivity contribution in [2.45, 2.75) is 33.7 Å². The van der Waals surface area contributed by atoms with Crippen LogP contribution < -0.4 is 5.32 Å². The van der Waals surface area contributed by atoms with Gasteiger partial charge in [0.1, 0.15) is 0 Å². The molecule has 20 heavy (non-hydrogen) atoms. The second-order valence-corrected chi connectivity index (χ2v) is 5.29. The molecule has 1 atom stereocenters. The number of benzene rings is 1. The molecule has 0 spiro atoms. The van der Waals surface area contributed by atoms with Gasteiger partial charge >= 0.3 is 0 Å². The van der Waals surface area contributed by atoms with E-state index in [9.17, 15) is 0 Å². The SMILES string of the molecule is CCOCCN(CC)CC(NC)c1ccc(C)cc1C. The molecule has 114 valence electrons. The Balaban J connectivity index is 2.69. The van der Waals surface area contributed by atoms with Crippen molar-refractivity contribution >= 4 is 0 Å². The Morgan fingerprint density at radius 2 is 2.00 bits per heavy atom. The molecule has 1 N–H and O–H groups in total. The van der Waals surface area contributed by atoms with Crippen LogP contribution in [0.1, 0.15) is 36.6 Å². The van der Waals surface area contributed by atoms with Crippen molar-refractivity contribution in [3.05, 3.63) is 34.9 Å². The van der Waals surface area contributed by atoms with Crippen LogP contribution in [0.3, 0.4) is 0 Å². The van der Waals surface area contributed by atoms with Gasteiger partial charge in [0, 0.05) is 25.7 Å². The number of nitrogens with one attached hydrogen (secondary N) is 1. The molecule has 1 aromatic carbocycles. The van der Waals surface area contributed by atoms with E-state index in [1.54, 1.807) is 0 Å². The smallest absolute Gasteiger partial charge is 0.0593 e. The minimum atomic E-state index is 0.372. The van der Waals surface area contributed by atoms with Crippen LogP contribution in [-0.2, 0) is 4.74 Å². The normalized spacial score (nSPS) is 12.9. The van der Waals surface area contributed by atoms with E-state index in [1.165, 1.54) is 16.7 Å². The van der Waals surface area contributed by atoms with E-state index >= 15 is 0 Å². The summed E-state index contributed by atoms with van der Waals surface area (Å²) in [4.78, 5) is 2.44. The van der Waals surface area contributed by atoms with Gasteiger partial charge in [-0.15, -0.1) is 0 Å². The van der Waals surface area contributed by atoms with Gasteiger partial charge in [-0.2, -0.15) is 0 Å². The first-order chi connectivity index (χ1) is 9.62. The van der Waals surface area contributed by atoms with Gasteiger partial charge in [0.2, 0.25) is 0 Å². The summed E-state index contributed by atoms with van der Waals surface area (Å²) in [6.07, 6.45) is 0. The molecule has 1 aromatic rings. The van der Waals surface area contributed by atoms with Gasteiger partial charge in [0.05, 0.1) is 6.61 Å². The fourth-order valence-electron chi connectivity index (χ4n) is 2.54. The van der Waals surface area contributed by atoms with Crippen LogP contribution in [0.25, 0.3) is 0 Å². The average molecular weight is 278 g/mol. The van der Waals surface area contributed by atoms with Gasteiger partial charge in [-0.1, -0.05) is 30.7 Å². The summed E-state index contributed by atoms with van der Waals surface area (Å²) in [5.74, 6) is 0.